The van der Waals surface area contributed by atoms with Crippen LogP contribution in [0.1, 0.15) is 36.9 Å². The fourth-order valence-corrected chi connectivity index (χ4v) is 1.75. The number of amides is 2. The number of aromatic nitrogens is 1. The summed E-state index contributed by atoms with van der Waals surface area (Å²) in [6.07, 6.45) is 3.99. The van der Waals surface area contributed by atoms with Crippen molar-refractivity contribution < 1.29 is 14.1 Å². The van der Waals surface area contributed by atoms with Gasteiger partial charge in [-0.25, -0.2) is 0 Å². The predicted molar refractivity (Wildman–Crippen MR) is 55.3 cm³/mol. The van der Waals surface area contributed by atoms with Gasteiger partial charge >= 0.3 is 0 Å². The normalized spacial score (nSPS) is 17.7. The van der Waals surface area contributed by atoms with Gasteiger partial charge in [-0.1, -0.05) is 5.16 Å². The molecule has 0 saturated carbocycles. The molecule has 2 amide bonds. The van der Waals surface area contributed by atoms with E-state index in [9.17, 15) is 9.59 Å². The molecular weight excluding hydrogens is 208 g/mol. The van der Waals surface area contributed by atoms with Crippen LogP contribution >= 0.6 is 0 Å². The summed E-state index contributed by atoms with van der Waals surface area (Å²) in [7, 11) is 0. The third-order valence-electron chi connectivity index (χ3n) is 2.79. The van der Waals surface area contributed by atoms with Crippen LogP contribution < -0.4 is 0 Å². The molecule has 5 heteroatoms. The first-order valence-electron chi connectivity index (χ1n) is 5.41. The van der Waals surface area contributed by atoms with E-state index >= 15 is 0 Å². The van der Waals surface area contributed by atoms with Crippen molar-refractivity contribution in [2.75, 3.05) is 0 Å². The molecule has 0 atom stereocenters. The number of imide groups is 1. The fourth-order valence-electron chi connectivity index (χ4n) is 1.75. The molecule has 2 rings (SSSR count). The number of carbonyl (C=O) groups excluding carboxylic acids is 2. The van der Waals surface area contributed by atoms with E-state index in [1.165, 1.54) is 11.2 Å². The molecule has 1 aromatic heterocycles. The molecule has 1 aliphatic heterocycles. The molecule has 86 valence electrons. The Hall–Kier alpha value is -1.65. The Morgan fingerprint density at radius 3 is 2.44 bits per heavy atom. The second-order valence-electron chi connectivity index (χ2n) is 4.02. The SMILES string of the molecule is Cc1conc1CN1C(=O)CCCCC1=O. The molecule has 0 N–H and O–H groups in total. The zero-order chi connectivity index (χ0) is 11.5. The van der Waals surface area contributed by atoms with Crippen LogP contribution in [0.3, 0.4) is 0 Å². The Kier molecular flexibility index (Phi) is 3.03. The Morgan fingerprint density at radius 2 is 1.94 bits per heavy atom. The molecule has 16 heavy (non-hydrogen) atoms. The van der Waals surface area contributed by atoms with Gasteiger partial charge in [0.25, 0.3) is 0 Å². The van der Waals surface area contributed by atoms with Crippen molar-refractivity contribution in [2.24, 2.45) is 0 Å². The van der Waals surface area contributed by atoms with Gasteiger partial charge in [0, 0.05) is 18.4 Å². The van der Waals surface area contributed by atoms with Crippen LogP contribution in [-0.4, -0.2) is 21.9 Å². The molecule has 0 aliphatic carbocycles. The molecule has 0 bridgehead atoms. The van der Waals surface area contributed by atoms with Crippen molar-refractivity contribution in [3.63, 3.8) is 0 Å². The maximum atomic E-state index is 11.7. The van der Waals surface area contributed by atoms with Crippen molar-refractivity contribution in [1.29, 1.82) is 0 Å². The lowest BCUT2D eigenvalue weighted by Crippen LogP contribution is -2.34. The molecule has 1 aliphatic rings. The Bertz CT molecular complexity index is 393. The second-order valence-corrected chi connectivity index (χ2v) is 4.02. The number of hydrogen-bond acceptors (Lipinski definition) is 4. The molecule has 2 heterocycles. The Labute approximate surface area is 93.4 Å². The zero-order valence-electron chi connectivity index (χ0n) is 9.23. The number of carbonyl (C=O) groups is 2. The molecule has 0 unspecified atom stereocenters. The zero-order valence-corrected chi connectivity index (χ0v) is 9.23. The van der Waals surface area contributed by atoms with E-state index in [4.69, 9.17) is 4.52 Å². The van der Waals surface area contributed by atoms with Crippen LogP contribution in [0.4, 0.5) is 0 Å². The van der Waals surface area contributed by atoms with Gasteiger partial charge in [0.2, 0.25) is 11.8 Å². The first kappa shape index (κ1) is 10.9. The van der Waals surface area contributed by atoms with Gasteiger partial charge in [-0.05, 0) is 19.8 Å². The van der Waals surface area contributed by atoms with Crippen LogP contribution in [-0.2, 0) is 16.1 Å². The molecule has 0 aromatic carbocycles. The monoisotopic (exact) mass is 222 g/mol. The summed E-state index contributed by atoms with van der Waals surface area (Å²) in [5, 5.41) is 3.79. The van der Waals surface area contributed by atoms with E-state index in [0.717, 1.165) is 18.4 Å². The molecule has 5 nitrogen and oxygen atoms in total. The molecule has 1 aromatic rings. The number of aryl methyl sites for hydroxylation is 1. The molecule has 0 radical (unpaired) electrons. The van der Waals surface area contributed by atoms with Gasteiger partial charge in [-0.3, -0.25) is 14.5 Å². The maximum Gasteiger partial charge on any atom is 0.229 e. The average molecular weight is 222 g/mol. The number of nitrogens with zero attached hydrogens (tertiary/aromatic N) is 2. The molecule has 0 spiro atoms. The van der Waals surface area contributed by atoms with Gasteiger partial charge < -0.3 is 4.52 Å². The van der Waals surface area contributed by atoms with Crippen LogP contribution in [0.5, 0.6) is 0 Å². The van der Waals surface area contributed by atoms with E-state index in [-0.39, 0.29) is 18.4 Å². The summed E-state index contributed by atoms with van der Waals surface area (Å²) in [5.41, 5.74) is 1.52. The number of hydrogen-bond donors (Lipinski definition) is 0. The molecule has 1 saturated heterocycles. The van der Waals surface area contributed by atoms with Gasteiger partial charge in [-0.15, -0.1) is 0 Å². The first-order valence-corrected chi connectivity index (χ1v) is 5.41. The van der Waals surface area contributed by atoms with Crippen molar-refractivity contribution in [3.8, 4) is 0 Å². The van der Waals surface area contributed by atoms with Crippen LogP contribution in [0.15, 0.2) is 10.8 Å². The van der Waals surface area contributed by atoms with Gasteiger partial charge in [0.15, 0.2) is 0 Å². The molecule has 1 fully saturated rings. The minimum atomic E-state index is -0.107. The van der Waals surface area contributed by atoms with Gasteiger partial charge in [0.1, 0.15) is 12.0 Å². The summed E-state index contributed by atoms with van der Waals surface area (Å²) >= 11 is 0. The maximum absolute atomic E-state index is 11.7. The van der Waals surface area contributed by atoms with E-state index < -0.39 is 0 Å². The minimum Gasteiger partial charge on any atom is -0.364 e. The number of likely N-dealkylation sites (tertiary alicyclic amines) is 1. The highest BCUT2D eigenvalue weighted by atomic mass is 16.5. The number of rotatable bonds is 2. The lowest BCUT2D eigenvalue weighted by molar-refractivity contribution is -0.144. The highest BCUT2D eigenvalue weighted by molar-refractivity contribution is 5.95. The topological polar surface area (TPSA) is 63.4 Å². The van der Waals surface area contributed by atoms with Crippen molar-refractivity contribution in [1.82, 2.24) is 10.1 Å². The smallest absolute Gasteiger partial charge is 0.229 e. The third-order valence-corrected chi connectivity index (χ3v) is 2.79. The van der Waals surface area contributed by atoms with Gasteiger partial charge in [-0.2, -0.15) is 0 Å². The summed E-state index contributed by atoms with van der Waals surface area (Å²) in [6, 6.07) is 0. The average Bonchev–Trinajstić information content (AvgIpc) is 2.59. The highest BCUT2D eigenvalue weighted by Crippen LogP contribution is 2.16. The summed E-state index contributed by atoms with van der Waals surface area (Å²) in [5.74, 6) is -0.213. The lowest BCUT2D eigenvalue weighted by atomic mass is 10.2. The van der Waals surface area contributed by atoms with E-state index in [1.54, 1.807) is 0 Å². The van der Waals surface area contributed by atoms with Crippen molar-refractivity contribution in [3.05, 3.63) is 17.5 Å². The minimum absolute atomic E-state index is 0.107. The van der Waals surface area contributed by atoms with Crippen LogP contribution in [0, 0.1) is 6.92 Å². The summed E-state index contributed by atoms with van der Waals surface area (Å²) in [4.78, 5) is 24.7. The van der Waals surface area contributed by atoms with Crippen molar-refractivity contribution >= 4 is 11.8 Å². The fraction of sp³-hybridized carbons (Fsp3) is 0.545. The Balaban J connectivity index is 2.15. The lowest BCUT2D eigenvalue weighted by Gasteiger charge is -2.17. The summed E-state index contributed by atoms with van der Waals surface area (Å²) in [6.45, 7) is 2.08. The predicted octanol–water partition coefficient (Wildman–Crippen LogP) is 1.41. The van der Waals surface area contributed by atoms with E-state index in [0.29, 0.717) is 18.5 Å². The van der Waals surface area contributed by atoms with Crippen LogP contribution in [0.25, 0.3) is 0 Å². The van der Waals surface area contributed by atoms with Crippen molar-refractivity contribution in [2.45, 2.75) is 39.2 Å². The van der Waals surface area contributed by atoms with E-state index in [2.05, 4.69) is 5.16 Å². The van der Waals surface area contributed by atoms with E-state index in [1.807, 2.05) is 6.92 Å². The highest BCUT2D eigenvalue weighted by Gasteiger charge is 2.25. The standard InChI is InChI=1S/C11H14N2O3/c1-8-7-16-12-9(8)6-13-10(14)4-2-3-5-11(13)15/h7H,2-6H2,1H3. The third kappa shape index (κ3) is 2.13. The van der Waals surface area contributed by atoms with Crippen LogP contribution in [0.2, 0.25) is 0 Å². The Morgan fingerprint density at radius 1 is 1.31 bits per heavy atom. The first-order chi connectivity index (χ1) is 7.68. The quantitative estimate of drug-likeness (QED) is 0.710. The molecular formula is C11H14N2O3. The second kappa shape index (κ2) is 4.47. The largest absolute Gasteiger partial charge is 0.364 e. The summed E-state index contributed by atoms with van der Waals surface area (Å²) < 4.78 is 4.79. The van der Waals surface area contributed by atoms with Gasteiger partial charge in [0.05, 0.1) is 6.54 Å².